The topological polar surface area (TPSA) is 66.5 Å². The molecule has 1 aliphatic carbocycles. The van der Waals surface area contributed by atoms with Crippen molar-refractivity contribution in [2.45, 2.75) is 12.8 Å². The predicted molar refractivity (Wildman–Crippen MR) is 98.7 cm³/mol. The zero-order chi connectivity index (χ0) is 18.1. The van der Waals surface area contributed by atoms with Crippen molar-refractivity contribution in [1.82, 2.24) is 0 Å². The van der Waals surface area contributed by atoms with Crippen LogP contribution in [0.5, 0.6) is 0 Å². The third kappa shape index (κ3) is 2.81. The molecule has 1 N–H and O–H groups in total. The van der Waals surface area contributed by atoms with E-state index in [9.17, 15) is 14.4 Å². The molecule has 130 valence electrons. The van der Waals surface area contributed by atoms with Gasteiger partial charge < -0.3 is 5.32 Å². The second kappa shape index (κ2) is 6.59. The number of carbonyl (C=O) groups is 3. The highest BCUT2D eigenvalue weighted by molar-refractivity contribution is 6.22. The van der Waals surface area contributed by atoms with E-state index in [0.29, 0.717) is 29.8 Å². The number of carbonyl (C=O) groups excluding carboxylic acids is 3. The smallest absolute Gasteiger partial charge is 0.255 e. The monoisotopic (exact) mass is 346 g/mol. The second-order valence-electron chi connectivity index (χ2n) is 6.54. The van der Waals surface area contributed by atoms with Crippen LogP contribution in [0.1, 0.15) is 23.2 Å². The number of hydrogen-bond donors (Lipinski definition) is 1. The lowest BCUT2D eigenvalue weighted by molar-refractivity contribution is -0.122. The summed E-state index contributed by atoms with van der Waals surface area (Å²) in [5, 5.41) is 2.81. The third-order valence-electron chi connectivity index (χ3n) is 4.91. The fraction of sp³-hybridized carbons (Fsp3) is 0.190. The summed E-state index contributed by atoms with van der Waals surface area (Å²) in [6, 6.07) is 15.8. The van der Waals surface area contributed by atoms with Gasteiger partial charge in [-0.05, 0) is 43.2 Å². The van der Waals surface area contributed by atoms with Crippen LogP contribution in [0.2, 0.25) is 0 Å². The van der Waals surface area contributed by atoms with Crippen LogP contribution in [0.15, 0.2) is 66.7 Å². The van der Waals surface area contributed by atoms with Crippen molar-refractivity contribution in [3.8, 4) is 0 Å². The lowest BCUT2D eigenvalue weighted by atomic mass is 9.85. The summed E-state index contributed by atoms with van der Waals surface area (Å²) in [6.07, 6.45) is 5.11. The minimum Gasteiger partial charge on any atom is -0.322 e. The van der Waals surface area contributed by atoms with Gasteiger partial charge >= 0.3 is 0 Å². The van der Waals surface area contributed by atoms with Crippen LogP contribution in [0.25, 0.3) is 0 Å². The number of rotatable bonds is 3. The highest BCUT2D eigenvalue weighted by Gasteiger charge is 2.47. The molecule has 1 heterocycles. The Morgan fingerprint density at radius 3 is 2.19 bits per heavy atom. The van der Waals surface area contributed by atoms with Crippen molar-refractivity contribution in [3.05, 3.63) is 72.3 Å². The second-order valence-corrected chi connectivity index (χ2v) is 6.54. The van der Waals surface area contributed by atoms with Crippen LogP contribution >= 0.6 is 0 Å². The quantitative estimate of drug-likeness (QED) is 0.684. The number of para-hydroxylation sites is 1. The first kappa shape index (κ1) is 16.3. The molecule has 1 aliphatic heterocycles. The molecular formula is C21H18N2O3. The Hall–Kier alpha value is -3.21. The van der Waals surface area contributed by atoms with E-state index in [1.165, 1.54) is 4.90 Å². The average Bonchev–Trinajstić information content (AvgIpc) is 2.94. The number of hydrogen-bond acceptors (Lipinski definition) is 3. The summed E-state index contributed by atoms with van der Waals surface area (Å²) >= 11 is 0. The Balaban J connectivity index is 1.59. The molecular weight excluding hydrogens is 328 g/mol. The molecule has 5 heteroatoms. The van der Waals surface area contributed by atoms with Crippen LogP contribution in [0.3, 0.4) is 0 Å². The molecule has 0 aromatic heterocycles. The van der Waals surface area contributed by atoms with Gasteiger partial charge in [0.15, 0.2) is 0 Å². The van der Waals surface area contributed by atoms with Crippen LogP contribution in [-0.4, -0.2) is 17.7 Å². The molecule has 2 aromatic carbocycles. The number of allylic oxidation sites excluding steroid dienone is 2. The Labute approximate surface area is 151 Å². The summed E-state index contributed by atoms with van der Waals surface area (Å²) in [7, 11) is 0. The van der Waals surface area contributed by atoms with E-state index < -0.39 is 0 Å². The Bertz CT molecular complexity index is 878. The fourth-order valence-electron chi connectivity index (χ4n) is 3.57. The molecule has 1 saturated heterocycles. The van der Waals surface area contributed by atoms with E-state index in [1.54, 1.807) is 36.4 Å². The molecule has 0 spiro atoms. The van der Waals surface area contributed by atoms with Crippen LogP contribution < -0.4 is 10.2 Å². The van der Waals surface area contributed by atoms with Gasteiger partial charge in [-0.15, -0.1) is 0 Å². The molecule has 4 rings (SSSR count). The number of nitrogens with zero attached hydrogens (tertiary/aromatic N) is 1. The van der Waals surface area contributed by atoms with E-state index in [2.05, 4.69) is 5.32 Å². The van der Waals surface area contributed by atoms with Crippen molar-refractivity contribution >= 4 is 29.1 Å². The summed E-state index contributed by atoms with van der Waals surface area (Å²) in [6.45, 7) is 0. The number of nitrogens with one attached hydrogen (secondary N) is 1. The van der Waals surface area contributed by atoms with Gasteiger partial charge in [-0.3, -0.25) is 19.3 Å². The normalized spacial score (nSPS) is 21.6. The number of anilines is 2. The summed E-state index contributed by atoms with van der Waals surface area (Å²) in [5.74, 6) is -1.20. The van der Waals surface area contributed by atoms with Crippen molar-refractivity contribution < 1.29 is 14.4 Å². The zero-order valence-electron chi connectivity index (χ0n) is 14.1. The van der Waals surface area contributed by atoms with Gasteiger partial charge in [0.25, 0.3) is 5.91 Å². The predicted octanol–water partition coefficient (Wildman–Crippen LogP) is 3.39. The molecule has 5 nitrogen and oxygen atoms in total. The number of benzene rings is 2. The molecule has 0 unspecified atom stereocenters. The van der Waals surface area contributed by atoms with Crippen molar-refractivity contribution in [3.63, 3.8) is 0 Å². The highest BCUT2D eigenvalue weighted by Crippen LogP contribution is 2.37. The van der Waals surface area contributed by atoms with Crippen molar-refractivity contribution in [2.24, 2.45) is 11.8 Å². The fourth-order valence-corrected chi connectivity index (χ4v) is 3.57. The standard InChI is InChI=1S/C21H18N2O3/c24-19(22-15-8-2-1-3-9-15)14-7-6-10-16(13-14)23-20(25)17-11-4-5-12-18(17)21(23)26/h1-10,13,17-18H,11-12H2,(H,22,24)/t17-,18-/m1/s1. The van der Waals surface area contributed by atoms with E-state index in [4.69, 9.17) is 0 Å². The van der Waals surface area contributed by atoms with Crippen LogP contribution in [-0.2, 0) is 9.59 Å². The zero-order valence-corrected chi connectivity index (χ0v) is 14.1. The van der Waals surface area contributed by atoms with Crippen molar-refractivity contribution in [2.75, 3.05) is 10.2 Å². The molecule has 0 saturated carbocycles. The first-order valence-electron chi connectivity index (χ1n) is 8.64. The van der Waals surface area contributed by atoms with E-state index in [-0.39, 0.29) is 29.6 Å². The minimum absolute atomic E-state index is 0.176. The maximum atomic E-state index is 12.7. The molecule has 3 amide bonds. The van der Waals surface area contributed by atoms with E-state index in [1.807, 2.05) is 30.4 Å². The molecule has 26 heavy (non-hydrogen) atoms. The summed E-state index contributed by atoms with van der Waals surface area (Å²) in [5.41, 5.74) is 1.54. The molecule has 0 radical (unpaired) electrons. The van der Waals surface area contributed by atoms with Gasteiger partial charge in [0, 0.05) is 11.3 Å². The Morgan fingerprint density at radius 2 is 1.54 bits per heavy atom. The lowest BCUT2D eigenvalue weighted by Crippen LogP contribution is -2.31. The van der Waals surface area contributed by atoms with Gasteiger partial charge in [0.2, 0.25) is 11.8 Å². The van der Waals surface area contributed by atoms with E-state index in [0.717, 1.165) is 0 Å². The molecule has 1 fully saturated rings. The van der Waals surface area contributed by atoms with Crippen LogP contribution in [0, 0.1) is 11.8 Å². The Morgan fingerprint density at radius 1 is 0.885 bits per heavy atom. The largest absolute Gasteiger partial charge is 0.322 e. The van der Waals surface area contributed by atoms with Crippen molar-refractivity contribution in [1.29, 1.82) is 0 Å². The van der Waals surface area contributed by atoms with Gasteiger partial charge in [-0.25, -0.2) is 0 Å². The molecule has 2 atom stereocenters. The number of amides is 3. The molecule has 0 bridgehead atoms. The Kier molecular flexibility index (Phi) is 4.13. The third-order valence-corrected chi connectivity index (χ3v) is 4.91. The SMILES string of the molecule is O=C(Nc1ccccc1)c1cccc(N2C(=O)[C@@H]3CC=CC[C@H]3C2=O)c1. The summed E-state index contributed by atoms with van der Waals surface area (Å²) < 4.78 is 0. The van der Waals surface area contributed by atoms with E-state index >= 15 is 0 Å². The number of imide groups is 1. The minimum atomic E-state index is -0.283. The average molecular weight is 346 g/mol. The van der Waals surface area contributed by atoms with Gasteiger partial charge in [-0.2, -0.15) is 0 Å². The van der Waals surface area contributed by atoms with Crippen LogP contribution in [0.4, 0.5) is 11.4 Å². The molecule has 2 aromatic rings. The lowest BCUT2D eigenvalue weighted by Gasteiger charge is -2.16. The van der Waals surface area contributed by atoms with Gasteiger partial charge in [-0.1, -0.05) is 36.4 Å². The van der Waals surface area contributed by atoms with Gasteiger partial charge in [0.1, 0.15) is 0 Å². The molecule has 2 aliphatic rings. The number of fused-ring (bicyclic) bond motifs is 1. The highest BCUT2D eigenvalue weighted by atomic mass is 16.2. The van der Waals surface area contributed by atoms with Gasteiger partial charge in [0.05, 0.1) is 17.5 Å². The first-order valence-corrected chi connectivity index (χ1v) is 8.64. The summed E-state index contributed by atoms with van der Waals surface area (Å²) in [4.78, 5) is 39.1. The maximum absolute atomic E-state index is 12.7. The first-order chi connectivity index (χ1) is 12.6. The maximum Gasteiger partial charge on any atom is 0.255 e.